The first kappa shape index (κ1) is 17.8. The van der Waals surface area contributed by atoms with Crippen LogP contribution in [0.15, 0.2) is 12.2 Å². The molecule has 1 saturated heterocycles. The van der Waals surface area contributed by atoms with Crippen molar-refractivity contribution >= 4 is 28.5 Å². The standard InChI is InChI=1S/C17H24N4O3S/c1-3-4-5-9-14(22)24-13-10-11-20(2)17(23)21(13)16-19-18-15(25-16)12-7-6-8-12/h3-4,12-13H,5-11H2,1-2H3. The van der Waals surface area contributed by atoms with Gasteiger partial charge in [-0.1, -0.05) is 29.9 Å². The first-order valence-electron chi connectivity index (χ1n) is 8.78. The van der Waals surface area contributed by atoms with Crippen LogP contribution in [0.1, 0.15) is 56.4 Å². The second-order valence-electron chi connectivity index (χ2n) is 6.47. The zero-order valence-corrected chi connectivity index (χ0v) is 15.5. The van der Waals surface area contributed by atoms with Crippen LogP contribution < -0.4 is 4.90 Å². The van der Waals surface area contributed by atoms with E-state index in [1.807, 2.05) is 19.1 Å². The smallest absolute Gasteiger partial charge is 0.329 e. The zero-order valence-electron chi connectivity index (χ0n) is 14.7. The summed E-state index contributed by atoms with van der Waals surface area (Å²) >= 11 is 1.44. The Kier molecular flexibility index (Phi) is 5.67. The van der Waals surface area contributed by atoms with Crippen molar-refractivity contribution in [2.75, 3.05) is 18.5 Å². The third kappa shape index (κ3) is 4.00. The fourth-order valence-electron chi connectivity index (χ4n) is 2.88. The predicted octanol–water partition coefficient (Wildman–Crippen LogP) is 3.29. The summed E-state index contributed by atoms with van der Waals surface area (Å²) in [6.07, 6.45) is 8.22. The Bertz CT molecular complexity index is 656. The van der Waals surface area contributed by atoms with Crippen LogP contribution in [0.2, 0.25) is 0 Å². The van der Waals surface area contributed by atoms with E-state index in [0.29, 0.717) is 36.9 Å². The number of carbonyl (C=O) groups excluding carboxylic acids is 2. The van der Waals surface area contributed by atoms with Crippen molar-refractivity contribution in [3.63, 3.8) is 0 Å². The van der Waals surface area contributed by atoms with Gasteiger partial charge >= 0.3 is 12.0 Å². The van der Waals surface area contributed by atoms with E-state index in [1.54, 1.807) is 11.9 Å². The summed E-state index contributed by atoms with van der Waals surface area (Å²) < 4.78 is 5.58. The predicted molar refractivity (Wildman–Crippen MR) is 95.6 cm³/mol. The lowest BCUT2D eigenvalue weighted by molar-refractivity contribution is -0.149. The minimum atomic E-state index is -0.607. The molecule has 3 rings (SSSR count). The van der Waals surface area contributed by atoms with E-state index < -0.39 is 6.23 Å². The van der Waals surface area contributed by atoms with Crippen LogP contribution in [0.4, 0.5) is 9.93 Å². The summed E-state index contributed by atoms with van der Waals surface area (Å²) in [6, 6.07) is -0.200. The minimum absolute atomic E-state index is 0.200. The number of urea groups is 1. The second kappa shape index (κ2) is 7.95. The number of ether oxygens (including phenoxy) is 1. The van der Waals surface area contributed by atoms with Gasteiger partial charge in [-0.15, -0.1) is 10.2 Å². The first-order valence-corrected chi connectivity index (χ1v) is 9.60. The van der Waals surface area contributed by atoms with E-state index in [2.05, 4.69) is 10.2 Å². The number of carbonyl (C=O) groups is 2. The largest absolute Gasteiger partial charge is 0.441 e. The number of anilines is 1. The normalized spacial score (nSPS) is 21.7. The van der Waals surface area contributed by atoms with Gasteiger partial charge in [0.2, 0.25) is 5.13 Å². The molecule has 8 heteroatoms. The molecule has 1 aliphatic heterocycles. The van der Waals surface area contributed by atoms with Crippen LogP contribution in [-0.2, 0) is 9.53 Å². The third-order valence-electron chi connectivity index (χ3n) is 4.64. The summed E-state index contributed by atoms with van der Waals surface area (Å²) in [7, 11) is 1.74. The third-order valence-corrected chi connectivity index (χ3v) is 5.73. The fourth-order valence-corrected chi connectivity index (χ4v) is 3.92. The SMILES string of the molecule is CC=CCCC(=O)OC1CCN(C)C(=O)N1c1nnc(C2CCC2)s1. The van der Waals surface area contributed by atoms with E-state index in [0.717, 1.165) is 17.8 Å². The zero-order chi connectivity index (χ0) is 17.8. The molecular weight excluding hydrogens is 340 g/mol. The number of hydrogen-bond acceptors (Lipinski definition) is 6. The van der Waals surface area contributed by atoms with Crippen molar-refractivity contribution in [2.45, 2.75) is 57.6 Å². The van der Waals surface area contributed by atoms with Crippen LogP contribution in [0, 0.1) is 0 Å². The molecule has 0 bridgehead atoms. The highest BCUT2D eigenvalue weighted by Gasteiger charge is 2.38. The molecule has 1 unspecified atom stereocenters. The van der Waals surface area contributed by atoms with Crippen LogP contribution in [-0.4, -0.2) is 46.9 Å². The molecule has 136 valence electrons. The quantitative estimate of drug-likeness (QED) is 0.572. The summed E-state index contributed by atoms with van der Waals surface area (Å²) in [6.45, 7) is 2.47. The number of amides is 2. The molecule has 0 spiro atoms. The monoisotopic (exact) mass is 364 g/mol. The Balaban J connectivity index is 1.72. The van der Waals surface area contributed by atoms with Gasteiger partial charge in [-0.2, -0.15) is 0 Å². The second-order valence-corrected chi connectivity index (χ2v) is 7.45. The molecule has 1 aromatic heterocycles. The lowest BCUT2D eigenvalue weighted by Gasteiger charge is -2.37. The highest BCUT2D eigenvalue weighted by molar-refractivity contribution is 7.15. The molecule has 1 aromatic rings. The highest BCUT2D eigenvalue weighted by Crippen LogP contribution is 2.40. The van der Waals surface area contributed by atoms with Gasteiger partial charge in [0.25, 0.3) is 0 Å². The van der Waals surface area contributed by atoms with E-state index in [-0.39, 0.29) is 12.0 Å². The average molecular weight is 364 g/mol. The molecule has 1 saturated carbocycles. The Hall–Kier alpha value is -1.96. The molecule has 2 aliphatic rings. The maximum atomic E-state index is 12.6. The van der Waals surface area contributed by atoms with Crippen molar-refractivity contribution in [3.8, 4) is 0 Å². The van der Waals surface area contributed by atoms with E-state index in [4.69, 9.17) is 4.74 Å². The van der Waals surface area contributed by atoms with Crippen LogP contribution in [0.3, 0.4) is 0 Å². The maximum Gasteiger partial charge on any atom is 0.329 e. The van der Waals surface area contributed by atoms with Crippen molar-refractivity contribution in [1.29, 1.82) is 0 Å². The summed E-state index contributed by atoms with van der Waals surface area (Å²) in [4.78, 5) is 27.8. The van der Waals surface area contributed by atoms with Crippen molar-refractivity contribution in [3.05, 3.63) is 17.2 Å². The fraction of sp³-hybridized carbons (Fsp3) is 0.647. The van der Waals surface area contributed by atoms with E-state index in [1.165, 1.54) is 22.7 Å². The van der Waals surface area contributed by atoms with Crippen molar-refractivity contribution in [1.82, 2.24) is 15.1 Å². The number of rotatable bonds is 6. The van der Waals surface area contributed by atoms with Crippen molar-refractivity contribution in [2.24, 2.45) is 0 Å². The Morgan fingerprint density at radius 1 is 1.36 bits per heavy atom. The molecule has 25 heavy (non-hydrogen) atoms. The minimum Gasteiger partial charge on any atom is -0.441 e. The van der Waals surface area contributed by atoms with Gasteiger partial charge in [0.15, 0.2) is 6.23 Å². The van der Waals surface area contributed by atoms with Gasteiger partial charge in [-0.05, 0) is 26.2 Å². The van der Waals surface area contributed by atoms with Crippen LogP contribution in [0.5, 0.6) is 0 Å². The Morgan fingerprint density at radius 3 is 2.84 bits per heavy atom. The van der Waals surface area contributed by atoms with E-state index >= 15 is 0 Å². The topological polar surface area (TPSA) is 75.6 Å². The Labute approximate surface area is 151 Å². The molecule has 1 atom stereocenters. The maximum absolute atomic E-state index is 12.6. The average Bonchev–Trinajstić information content (AvgIpc) is 2.98. The van der Waals surface area contributed by atoms with Crippen LogP contribution >= 0.6 is 11.3 Å². The van der Waals surface area contributed by atoms with Gasteiger partial charge in [0.1, 0.15) is 5.01 Å². The molecule has 0 radical (unpaired) electrons. The summed E-state index contributed by atoms with van der Waals surface area (Å²) in [5, 5.41) is 9.95. The molecule has 7 nitrogen and oxygen atoms in total. The molecule has 2 amide bonds. The van der Waals surface area contributed by atoms with Gasteiger partial charge in [-0.25, -0.2) is 9.69 Å². The number of esters is 1. The lowest BCUT2D eigenvalue weighted by atomic mass is 9.86. The lowest BCUT2D eigenvalue weighted by Crippen LogP contribution is -2.54. The van der Waals surface area contributed by atoms with Gasteiger partial charge in [-0.3, -0.25) is 4.79 Å². The van der Waals surface area contributed by atoms with E-state index in [9.17, 15) is 9.59 Å². The number of hydrogen-bond donors (Lipinski definition) is 0. The summed E-state index contributed by atoms with van der Waals surface area (Å²) in [5.74, 6) is 0.167. The number of nitrogens with zero attached hydrogens (tertiary/aromatic N) is 4. The molecular formula is C17H24N4O3S. The van der Waals surface area contributed by atoms with Gasteiger partial charge in [0.05, 0.1) is 0 Å². The number of aromatic nitrogens is 2. The van der Waals surface area contributed by atoms with Crippen molar-refractivity contribution < 1.29 is 14.3 Å². The first-order chi connectivity index (χ1) is 12.1. The molecule has 0 N–H and O–H groups in total. The molecule has 1 aliphatic carbocycles. The van der Waals surface area contributed by atoms with Crippen LogP contribution in [0.25, 0.3) is 0 Å². The number of allylic oxidation sites excluding steroid dienone is 2. The molecule has 2 fully saturated rings. The summed E-state index contributed by atoms with van der Waals surface area (Å²) in [5.41, 5.74) is 0. The molecule has 2 heterocycles. The Morgan fingerprint density at radius 2 is 2.16 bits per heavy atom. The van der Waals surface area contributed by atoms with Gasteiger partial charge < -0.3 is 9.64 Å². The highest BCUT2D eigenvalue weighted by atomic mass is 32.1. The molecule has 0 aromatic carbocycles. The van der Waals surface area contributed by atoms with Gasteiger partial charge in [0, 0.05) is 32.4 Å².